The molecule has 0 aliphatic carbocycles. The van der Waals surface area contributed by atoms with Gasteiger partial charge in [-0.2, -0.15) is 0 Å². The van der Waals surface area contributed by atoms with Gasteiger partial charge in [-0.3, -0.25) is 4.79 Å². The smallest absolute Gasteiger partial charge is 0.227 e. The number of aryl methyl sites for hydroxylation is 1. The van der Waals surface area contributed by atoms with Crippen LogP contribution in [0.4, 0.5) is 10.8 Å². The normalized spacial score (nSPS) is 14.7. The molecular formula is C13H13N3OS. The minimum atomic E-state index is 0.174. The van der Waals surface area contributed by atoms with E-state index in [9.17, 15) is 4.79 Å². The van der Waals surface area contributed by atoms with Crippen LogP contribution in [0.5, 0.6) is 0 Å². The summed E-state index contributed by atoms with van der Waals surface area (Å²) in [7, 11) is 1.82. The predicted octanol–water partition coefficient (Wildman–Crippen LogP) is 2.30. The molecule has 0 radical (unpaired) electrons. The monoisotopic (exact) mass is 259 g/mol. The molecule has 2 N–H and O–H groups in total. The molecule has 2 aromatic rings. The number of carbonyl (C=O) groups is 1. The van der Waals surface area contributed by atoms with Crippen LogP contribution in [0.15, 0.2) is 23.6 Å². The van der Waals surface area contributed by atoms with Crippen LogP contribution >= 0.6 is 11.3 Å². The molecular weight excluding hydrogens is 246 g/mol. The summed E-state index contributed by atoms with van der Waals surface area (Å²) >= 11 is 1.44. The number of carbonyl (C=O) groups excluding carboxylic acids is 1. The van der Waals surface area contributed by atoms with Gasteiger partial charge < -0.3 is 10.6 Å². The summed E-state index contributed by atoms with van der Waals surface area (Å²) < 4.78 is 0. The maximum absolute atomic E-state index is 11.6. The first kappa shape index (κ1) is 11.2. The summed E-state index contributed by atoms with van der Waals surface area (Å²) in [6.07, 6.45) is 1.37. The van der Waals surface area contributed by atoms with Gasteiger partial charge in [-0.15, -0.1) is 11.3 Å². The zero-order valence-electron chi connectivity index (χ0n) is 10.0. The largest absolute Gasteiger partial charge is 0.375 e. The van der Waals surface area contributed by atoms with Crippen molar-refractivity contribution in [1.82, 2.24) is 4.98 Å². The molecule has 3 rings (SSSR count). The highest BCUT2D eigenvalue weighted by atomic mass is 32.1. The van der Waals surface area contributed by atoms with E-state index in [1.165, 1.54) is 16.9 Å². The van der Waals surface area contributed by atoms with Crippen LogP contribution < -0.4 is 10.6 Å². The van der Waals surface area contributed by atoms with Gasteiger partial charge in [0.15, 0.2) is 5.13 Å². The number of amides is 1. The second-order valence-electron chi connectivity index (χ2n) is 4.37. The van der Waals surface area contributed by atoms with Gasteiger partial charge in [0, 0.05) is 30.1 Å². The van der Waals surface area contributed by atoms with Crippen molar-refractivity contribution < 1.29 is 4.79 Å². The molecule has 0 bridgehead atoms. The Kier molecular flexibility index (Phi) is 2.56. The molecule has 0 saturated carbocycles. The fraction of sp³-hybridized carbons (Fsp3) is 0.231. The van der Waals surface area contributed by atoms with Gasteiger partial charge in [-0.05, 0) is 24.1 Å². The number of aromatic nitrogens is 1. The van der Waals surface area contributed by atoms with E-state index in [0.717, 1.165) is 23.4 Å². The molecule has 0 saturated heterocycles. The Morgan fingerprint density at radius 2 is 2.22 bits per heavy atom. The maximum atomic E-state index is 11.6. The quantitative estimate of drug-likeness (QED) is 0.855. The van der Waals surface area contributed by atoms with Gasteiger partial charge in [-0.25, -0.2) is 4.98 Å². The highest BCUT2D eigenvalue weighted by molar-refractivity contribution is 7.13. The van der Waals surface area contributed by atoms with E-state index in [1.54, 1.807) is 4.90 Å². The zero-order valence-corrected chi connectivity index (χ0v) is 10.8. The van der Waals surface area contributed by atoms with Crippen molar-refractivity contribution >= 4 is 28.1 Å². The number of nitrogens with two attached hydrogens (primary N) is 1. The molecule has 2 heterocycles. The summed E-state index contributed by atoms with van der Waals surface area (Å²) in [4.78, 5) is 17.6. The third-order valence-electron chi connectivity index (χ3n) is 3.24. The Morgan fingerprint density at radius 1 is 1.39 bits per heavy atom. The van der Waals surface area contributed by atoms with Gasteiger partial charge >= 0.3 is 0 Å². The van der Waals surface area contributed by atoms with E-state index in [0.29, 0.717) is 11.6 Å². The molecule has 5 heteroatoms. The summed E-state index contributed by atoms with van der Waals surface area (Å²) in [5, 5.41) is 2.53. The molecule has 4 nitrogen and oxygen atoms in total. The summed E-state index contributed by atoms with van der Waals surface area (Å²) in [6.45, 7) is 0. The van der Waals surface area contributed by atoms with E-state index in [4.69, 9.17) is 5.73 Å². The average molecular weight is 259 g/mol. The van der Waals surface area contributed by atoms with Crippen LogP contribution in [-0.2, 0) is 11.2 Å². The van der Waals surface area contributed by atoms with Gasteiger partial charge in [-0.1, -0.05) is 6.07 Å². The molecule has 0 unspecified atom stereocenters. The van der Waals surface area contributed by atoms with Crippen molar-refractivity contribution in [2.24, 2.45) is 0 Å². The molecule has 1 amide bonds. The number of hydrogen-bond donors (Lipinski definition) is 1. The molecule has 0 atom stereocenters. The first-order chi connectivity index (χ1) is 8.65. The molecule has 1 aliphatic heterocycles. The summed E-state index contributed by atoms with van der Waals surface area (Å²) in [5.74, 6) is 0.174. The standard InChI is InChI=1S/C13H13N3OS/c1-16-11-4-2-8(10-7-18-13(14)15-10)6-9(11)3-5-12(16)17/h2,4,6-7H,3,5H2,1H3,(H2,14,15). The third kappa shape index (κ3) is 1.76. The molecule has 0 spiro atoms. The molecule has 1 aromatic heterocycles. The van der Waals surface area contributed by atoms with Crippen molar-refractivity contribution in [3.05, 3.63) is 29.1 Å². The minimum absolute atomic E-state index is 0.174. The van der Waals surface area contributed by atoms with Gasteiger partial charge in [0.05, 0.1) is 5.69 Å². The summed E-state index contributed by atoms with van der Waals surface area (Å²) in [6, 6.07) is 6.08. The second kappa shape index (κ2) is 4.10. The van der Waals surface area contributed by atoms with Crippen molar-refractivity contribution in [2.75, 3.05) is 17.7 Å². The number of nitrogen functional groups attached to an aromatic ring is 1. The van der Waals surface area contributed by atoms with E-state index in [2.05, 4.69) is 11.1 Å². The SMILES string of the molecule is CN1C(=O)CCc2cc(-c3csc(N)n3)ccc21. The van der Waals surface area contributed by atoms with Crippen LogP contribution in [0, 0.1) is 0 Å². The topological polar surface area (TPSA) is 59.2 Å². The highest BCUT2D eigenvalue weighted by Crippen LogP contribution is 2.31. The number of thiazole rings is 1. The first-order valence-electron chi connectivity index (χ1n) is 5.76. The minimum Gasteiger partial charge on any atom is -0.375 e. The van der Waals surface area contributed by atoms with Gasteiger partial charge in [0.25, 0.3) is 0 Å². The van der Waals surface area contributed by atoms with Crippen LogP contribution in [0.1, 0.15) is 12.0 Å². The fourth-order valence-corrected chi connectivity index (χ4v) is 2.81. The number of rotatable bonds is 1. The lowest BCUT2D eigenvalue weighted by Crippen LogP contribution is -2.30. The fourth-order valence-electron chi connectivity index (χ4n) is 2.24. The lowest BCUT2D eigenvalue weighted by molar-refractivity contribution is -0.118. The average Bonchev–Trinajstić information content (AvgIpc) is 2.80. The van der Waals surface area contributed by atoms with Crippen LogP contribution in [0.25, 0.3) is 11.3 Å². The molecule has 18 heavy (non-hydrogen) atoms. The molecule has 1 aromatic carbocycles. The van der Waals surface area contributed by atoms with Crippen LogP contribution in [0.3, 0.4) is 0 Å². The predicted molar refractivity (Wildman–Crippen MR) is 73.7 cm³/mol. The Labute approximate surface area is 109 Å². The van der Waals surface area contributed by atoms with Crippen LogP contribution in [0.2, 0.25) is 0 Å². The van der Waals surface area contributed by atoms with E-state index in [1.807, 2.05) is 24.6 Å². The lowest BCUT2D eigenvalue weighted by atomic mass is 9.98. The number of hydrogen-bond acceptors (Lipinski definition) is 4. The highest BCUT2D eigenvalue weighted by Gasteiger charge is 2.21. The van der Waals surface area contributed by atoms with Crippen molar-refractivity contribution in [3.63, 3.8) is 0 Å². The van der Waals surface area contributed by atoms with Crippen LogP contribution in [-0.4, -0.2) is 17.9 Å². The Bertz CT molecular complexity index is 620. The zero-order chi connectivity index (χ0) is 12.7. The summed E-state index contributed by atoms with van der Waals surface area (Å²) in [5.41, 5.74) is 9.80. The number of fused-ring (bicyclic) bond motifs is 1. The van der Waals surface area contributed by atoms with Crippen molar-refractivity contribution in [3.8, 4) is 11.3 Å². The van der Waals surface area contributed by atoms with Crippen molar-refractivity contribution in [1.29, 1.82) is 0 Å². The Balaban J connectivity index is 2.04. The number of anilines is 2. The molecule has 0 fully saturated rings. The van der Waals surface area contributed by atoms with E-state index >= 15 is 0 Å². The third-order valence-corrected chi connectivity index (χ3v) is 3.91. The maximum Gasteiger partial charge on any atom is 0.227 e. The lowest BCUT2D eigenvalue weighted by Gasteiger charge is -2.25. The van der Waals surface area contributed by atoms with E-state index in [-0.39, 0.29) is 5.91 Å². The molecule has 1 aliphatic rings. The van der Waals surface area contributed by atoms with E-state index < -0.39 is 0 Å². The number of benzene rings is 1. The number of nitrogens with zero attached hydrogens (tertiary/aromatic N) is 2. The Hall–Kier alpha value is -1.88. The molecule has 92 valence electrons. The second-order valence-corrected chi connectivity index (χ2v) is 5.26. The van der Waals surface area contributed by atoms with Crippen molar-refractivity contribution in [2.45, 2.75) is 12.8 Å². The Morgan fingerprint density at radius 3 is 2.94 bits per heavy atom. The van der Waals surface area contributed by atoms with Gasteiger partial charge in [0.1, 0.15) is 0 Å². The van der Waals surface area contributed by atoms with Gasteiger partial charge in [0.2, 0.25) is 5.91 Å². The first-order valence-corrected chi connectivity index (χ1v) is 6.64.